The standard InChI is InChI=1S/C17H24N6O3/c1-12-14(10-20(3)19-12)11-21-6-8-22(9-7-21)16(24)13(2)23-15(17(25)26)4-5-18-23/h4-5,10,13H,6-9,11H2,1-3H3,(H,25,26). The first kappa shape index (κ1) is 18.1. The zero-order chi connectivity index (χ0) is 18.8. The highest BCUT2D eigenvalue weighted by Gasteiger charge is 2.28. The molecular formula is C17H24N6O3. The first-order valence-electron chi connectivity index (χ1n) is 8.64. The molecular weight excluding hydrogens is 336 g/mol. The summed E-state index contributed by atoms with van der Waals surface area (Å²) in [5.41, 5.74) is 2.25. The molecule has 140 valence electrons. The molecule has 1 atom stereocenters. The van der Waals surface area contributed by atoms with Crippen LogP contribution in [0.2, 0.25) is 0 Å². The van der Waals surface area contributed by atoms with Gasteiger partial charge < -0.3 is 10.0 Å². The summed E-state index contributed by atoms with van der Waals surface area (Å²) in [6.07, 6.45) is 3.43. The highest BCUT2D eigenvalue weighted by molar-refractivity contribution is 5.87. The summed E-state index contributed by atoms with van der Waals surface area (Å²) in [5.74, 6) is -1.19. The average molecular weight is 360 g/mol. The van der Waals surface area contributed by atoms with Crippen molar-refractivity contribution in [1.29, 1.82) is 0 Å². The van der Waals surface area contributed by atoms with E-state index in [0.717, 1.165) is 25.3 Å². The number of aromatic carboxylic acids is 1. The maximum Gasteiger partial charge on any atom is 0.354 e. The SMILES string of the molecule is Cc1nn(C)cc1CN1CCN(C(=O)C(C)n2nccc2C(=O)O)CC1. The molecule has 1 N–H and O–H groups in total. The van der Waals surface area contributed by atoms with Crippen molar-refractivity contribution in [3.8, 4) is 0 Å². The van der Waals surface area contributed by atoms with E-state index in [1.807, 2.05) is 24.9 Å². The van der Waals surface area contributed by atoms with E-state index >= 15 is 0 Å². The Balaban J connectivity index is 1.59. The fourth-order valence-electron chi connectivity index (χ4n) is 3.33. The first-order chi connectivity index (χ1) is 12.4. The fraction of sp³-hybridized carbons (Fsp3) is 0.529. The van der Waals surface area contributed by atoms with Gasteiger partial charge in [-0.1, -0.05) is 0 Å². The van der Waals surface area contributed by atoms with Gasteiger partial charge in [0, 0.05) is 57.7 Å². The molecule has 0 saturated carbocycles. The highest BCUT2D eigenvalue weighted by atomic mass is 16.4. The van der Waals surface area contributed by atoms with Gasteiger partial charge in [-0.05, 0) is 19.9 Å². The second-order valence-electron chi connectivity index (χ2n) is 6.66. The predicted molar refractivity (Wildman–Crippen MR) is 93.7 cm³/mol. The number of carbonyl (C=O) groups excluding carboxylic acids is 1. The smallest absolute Gasteiger partial charge is 0.354 e. The summed E-state index contributed by atoms with van der Waals surface area (Å²) < 4.78 is 3.09. The summed E-state index contributed by atoms with van der Waals surface area (Å²) >= 11 is 0. The molecule has 0 aliphatic carbocycles. The first-order valence-corrected chi connectivity index (χ1v) is 8.64. The average Bonchev–Trinajstić information content (AvgIpc) is 3.21. The molecule has 1 unspecified atom stereocenters. The summed E-state index contributed by atoms with van der Waals surface area (Å²) in [5, 5.41) is 17.6. The Morgan fingerprint density at radius 3 is 2.54 bits per heavy atom. The lowest BCUT2D eigenvalue weighted by atomic mass is 10.2. The Morgan fingerprint density at radius 1 is 1.27 bits per heavy atom. The van der Waals surface area contributed by atoms with Crippen LogP contribution in [0.5, 0.6) is 0 Å². The van der Waals surface area contributed by atoms with Crippen LogP contribution in [-0.2, 0) is 18.4 Å². The third-order valence-corrected chi connectivity index (χ3v) is 4.81. The summed E-state index contributed by atoms with van der Waals surface area (Å²) in [7, 11) is 1.91. The van der Waals surface area contributed by atoms with Crippen molar-refractivity contribution in [2.24, 2.45) is 7.05 Å². The molecule has 9 nitrogen and oxygen atoms in total. The van der Waals surface area contributed by atoms with Crippen LogP contribution < -0.4 is 0 Å². The van der Waals surface area contributed by atoms with E-state index < -0.39 is 12.0 Å². The van der Waals surface area contributed by atoms with Gasteiger partial charge in [-0.15, -0.1) is 0 Å². The van der Waals surface area contributed by atoms with Crippen molar-refractivity contribution in [3.05, 3.63) is 35.4 Å². The lowest BCUT2D eigenvalue weighted by Gasteiger charge is -2.36. The van der Waals surface area contributed by atoms with Gasteiger partial charge in [0.15, 0.2) is 0 Å². The number of aromatic nitrogens is 4. The van der Waals surface area contributed by atoms with Crippen LogP contribution in [0.25, 0.3) is 0 Å². The van der Waals surface area contributed by atoms with Crippen molar-refractivity contribution < 1.29 is 14.7 Å². The number of carbonyl (C=O) groups is 2. The second-order valence-corrected chi connectivity index (χ2v) is 6.66. The monoisotopic (exact) mass is 360 g/mol. The number of hydrogen-bond donors (Lipinski definition) is 1. The number of rotatable bonds is 5. The molecule has 2 aromatic heterocycles. The zero-order valence-electron chi connectivity index (χ0n) is 15.3. The van der Waals surface area contributed by atoms with E-state index in [0.29, 0.717) is 13.1 Å². The molecule has 0 radical (unpaired) electrons. The number of carboxylic acid groups (broad SMARTS) is 1. The molecule has 2 aromatic rings. The maximum absolute atomic E-state index is 12.7. The molecule has 0 aromatic carbocycles. The molecule has 1 fully saturated rings. The van der Waals surface area contributed by atoms with Gasteiger partial charge in [0.05, 0.1) is 5.69 Å². The van der Waals surface area contributed by atoms with E-state index in [-0.39, 0.29) is 11.6 Å². The number of aryl methyl sites for hydroxylation is 2. The zero-order valence-corrected chi connectivity index (χ0v) is 15.3. The molecule has 1 saturated heterocycles. The Hall–Kier alpha value is -2.68. The van der Waals surface area contributed by atoms with Crippen LogP contribution in [-0.4, -0.2) is 72.5 Å². The third-order valence-electron chi connectivity index (χ3n) is 4.81. The van der Waals surface area contributed by atoms with Crippen molar-refractivity contribution in [1.82, 2.24) is 29.4 Å². The quantitative estimate of drug-likeness (QED) is 0.835. The van der Waals surface area contributed by atoms with Crippen molar-refractivity contribution in [2.75, 3.05) is 26.2 Å². The minimum atomic E-state index is -1.08. The molecule has 1 amide bonds. The number of nitrogens with zero attached hydrogens (tertiary/aromatic N) is 6. The van der Waals surface area contributed by atoms with Gasteiger partial charge in [-0.3, -0.25) is 14.4 Å². The van der Waals surface area contributed by atoms with Gasteiger partial charge >= 0.3 is 5.97 Å². The Bertz CT molecular complexity index is 803. The van der Waals surface area contributed by atoms with Crippen molar-refractivity contribution in [3.63, 3.8) is 0 Å². The van der Waals surface area contributed by atoms with Crippen LogP contribution in [0.3, 0.4) is 0 Å². The minimum absolute atomic E-state index is 0.0246. The predicted octanol–water partition coefficient (Wildman–Crippen LogP) is 0.529. The van der Waals surface area contributed by atoms with Gasteiger partial charge in [0.1, 0.15) is 11.7 Å². The van der Waals surface area contributed by atoms with Crippen LogP contribution >= 0.6 is 0 Å². The van der Waals surface area contributed by atoms with E-state index in [1.54, 1.807) is 11.8 Å². The molecule has 0 bridgehead atoms. The van der Waals surface area contributed by atoms with Gasteiger partial charge in [-0.25, -0.2) is 9.48 Å². The van der Waals surface area contributed by atoms with Crippen molar-refractivity contribution >= 4 is 11.9 Å². The lowest BCUT2D eigenvalue weighted by Crippen LogP contribution is -2.50. The van der Waals surface area contributed by atoms with Gasteiger partial charge in [-0.2, -0.15) is 10.2 Å². The fourth-order valence-corrected chi connectivity index (χ4v) is 3.33. The number of piperazine rings is 1. The minimum Gasteiger partial charge on any atom is -0.477 e. The molecule has 9 heteroatoms. The maximum atomic E-state index is 12.7. The Morgan fingerprint density at radius 2 is 1.96 bits per heavy atom. The topological polar surface area (TPSA) is 96.5 Å². The molecule has 3 rings (SSSR count). The summed E-state index contributed by atoms with van der Waals surface area (Å²) in [6, 6.07) is 0.767. The van der Waals surface area contributed by atoms with E-state index in [2.05, 4.69) is 15.1 Å². The van der Waals surface area contributed by atoms with Crippen LogP contribution in [0.1, 0.15) is 34.7 Å². The van der Waals surface area contributed by atoms with E-state index in [4.69, 9.17) is 0 Å². The number of amides is 1. The van der Waals surface area contributed by atoms with E-state index in [9.17, 15) is 14.7 Å². The molecule has 3 heterocycles. The molecule has 0 spiro atoms. The molecule has 1 aliphatic heterocycles. The lowest BCUT2D eigenvalue weighted by molar-refractivity contribution is -0.136. The van der Waals surface area contributed by atoms with Crippen molar-refractivity contribution in [2.45, 2.75) is 26.4 Å². The molecule has 1 aliphatic rings. The van der Waals surface area contributed by atoms with Crippen LogP contribution in [0, 0.1) is 6.92 Å². The van der Waals surface area contributed by atoms with Crippen LogP contribution in [0.15, 0.2) is 18.5 Å². The third kappa shape index (κ3) is 3.62. The number of carboxylic acids is 1. The van der Waals surface area contributed by atoms with E-state index in [1.165, 1.54) is 22.5 Å². The summed E-state index contributed by atoms with van der Waals surface area (Å²) in [6.45, 7) is 7.29. The normalized spacial score (nSPS) is 16.7. The van der Waals surface area contributed by atoms with Crippen LogP contribution in [0.4, 0.5) is 0 Å². The Labute approximate surface area is 151 Å². The molecule has 26 heavy (non-hydrogen) atoms. The van der Waals surface area contributed by atoms with Gasteiger partial charge in [0.25, 0.3) is 0 Å². The highest BCUT2D eigenvalue weighted by Crippen LogP contribution is 2.16. The number of hydrogen-bond acceptors (Lipinski definition) is 5. The Kier molecular flexibility index (Phi) is 5.08. The van der Waals surface area contributed by atoms with Gasteiger partial charge in [0.2, 0.25) is 5.91 Å². The largest absolute Gasteiger partial charge is 0.477 e. The second kappa shape index (κ2) is 7.28. The summed E-state index contributed by atoms with van der Waals surface area (Å²) in [4.78, 5) is 28.0.